The highest BCUT2D eigenvalue weighted by Gasteiger charge is 2.25. The zero-order valence-corrected chi connectivity index (χ0v) is 61.5. The van der Waals surface area contributed by atoms with E-state index < -0.39 is 18.4 Å². The van der Waals surface area contributed by atoms with Crippen molar-refractivity contribution in [1.29, 1.82) is 0 Å². The molecule has 1 N–H and O–H groups in total. The van der Waals surface area contributed by atoms with E-state index >= 15 is 0 Å². The number of rotatable bonds is 76. The molecule has 2 atom stereocenters. The summed E-state index contributed by atoms with van der Waals surface area (Å²) < 4.78 is 23.0. The first-order valence-electron chi connectivity index (χ1n) is 40.2. The number of carboxylic acids is 1. The lowest BCUT2D eigenvalue weighted by Crippen LogP contribution is -2.40. The SMILES string of the molecule is CCCCCCC/C=C\C/C=C\CCCCCCCCCCCCCCCC(=O)OC(COC(=O)CCCCCCCCCCCCCCCCCCCCCCCCCCCCCCC/C=C\CCCCCCCCCC)COC(OCC[N+](C)(C)C)C(=O)O. The van der Waals surface area contributed by atoms with Gasteiger partial charge in [-0.3, -0.25) is 9.59 Å². The number of carbonyl (C=O) groups excluding carboxylic acids is 2. The van der Waals surface area contributed by atoms with Crippen molar-refractivity contribution in [3.8, 4) is 0 Å². The molecule has 9 nitrogen and oxygen atoms in total. The molecule has 536 valence electrons. The van der Waals surface area contributed by atoms with E-state index in [1.54, 1.807) is 0 Å². The second-order valence-electron chi connectivity index (χ2n) is 28.7. The third-order valence-corrected chi connectivity index (χ3v) is 18.4. The standard InChI is InChI=1S/C82H155NO8/c1-6-8-10-12-14-16-18-20-22-24-26-28-30-32-33-34-35-36-37-38-39-40-41-42-43-44-45-46-47-49-50-52-54-56-58-60-62-64-66-68-70-72-79(84)89-76-78(77-90-82(81(86)87)88-75-74-83(3,4)5)91-80(85)73-71-69-67-65-63-61-59-57-55-53-51-48-31-29-27-25-23-21-19-17-15-13-11-9-7-2/h19,21,24-27,78,82H,6-18,20,22-23,28-77H2,1-5H3/p+1/b21-19-,26-24-,27-25-. The lowest BCUT2D eigenvalue weighted by molar-refractivity contribution is -0.870. The van der Waals surface area contributed by atoms with Crippen LogP contribution in [0.3, 0.4) is 0 Å². The van der Waals surface area contributed by atoms with Crippen LogP contribution < -0.4 is 0 Å². The molecule has 2 unspecified atom stereocenters. The molecule has 0 aliphatic carbocycles. The van der Waals surface area contributed by atoms with Crippen LogP contribution >= 0.6 is 0 Å². The van der Waals surface area contributed by atoms with Crippen LogP contribution in [0.25, 0.3) is 0 Å². The van der Waals surface area contributed by atoms with E-state index in [1.165, 1.54) is 340 Å². The van der Waals surface area contributed by atoms with Crippen LogP contribution in [0.2, 0.25) is 0 Å². The molecular formula is C82H156NO8+. The van der Waals surface area contributed by atoms with E-state index in [0.717, 1.165) is 44.9 Å². The second kappa shape index (κ2) is 73.3. The van der Waals surface area contributed by atoms with Crippen molar-refractivity contribution in [1.82, 2.24) is 0 Å². The molecule has 0 aromatic carbocycles. The Kier molecular flexibility index (Phi) is 71.3. The van der Waals surface area contributed by atoms with Crippen LogP contribution in [-0.2, 0) is 33.3 Å². The lowest BCUT2D eigenvalue weighted by atomic mass is 10.0. The van der Waals surface area contributed by atoms with E-state index in [9.17, 15) is 19.5 Å². The fraction of sp³-hybridized carbons (Fsp3) is 0.890. The molecule has 0 fully saturated rings. The average Bonchev–Trinajstić information content (AvgIpc) is 3.46. The smallest absolute Gasteiger partial charge is 0.361 e. The molecule has 0 amide bonds. The van der Waals surface area contributed by atoms with Gasteiger partial charge in [0.2, 0.25) is 0 Å². The molecular weight excluding hydrogens is 1130 g/mol. The Hall–Kier alpha value is -2.49. The topological polar surface area (TPSA) is 108 Å². The quantitative estimate of drug-likeness (QED) is 0.0211. The number of hydrogen-bond donors (Lipinski definition) is 1. The molecule has 0 aromatic rings. The normalized spacial score (nSPS) is 12.8. The lowest BCUT2D eigenvalue weighted by Gasteiger charge is -2.25. The molecule has 0 saturated carbocycles. The Labute approximate surface area is 566 Å². The van der Waals surface area contributed by atoms with Crippen LogP contribution in [0.4, 0.5) is 0 Å². The van der Waals surface area contributed by atoms with E-state index in [-0.39, 0.29) is 38.2 Å². The van der Waals surface area contributed by atoms with E-state index in [2.05, 4.69) is 50.3 Å². The molecule has 0 heterocycles. The minimum atomic E-state index is -1.51. The number of likely N-dealkylation sites (N-methyl/N-ethyl adjacent to an activating group) is 1. The van der Waals surface area contributed by atoms with Crippen molar-refractivity contribution in [3.63, 3.8) is 0 Å². The van der Waals surface area contributed by atoms with Crippen LogP contribution in [-0.4, -0.2) is 87.4 Å². The number of esters is 2. The zero-order chi connectivity index (χ0) is 66.1. The Morgan fingerprint density at radius 2 is 0.593 bits per heavy atom. The Morgan fingerprint density at radius 3 is 0.879 bits per heavy atom. The zero-order valence-electron chi connectivity index (χ0n) is 61.5. The molecule has 0 aliphatic heterocycles. The van der Waals surface area contributed by atoms with Crippen LogP contribution in [0.5, 0.6) is 0 Å². The number of allylic oxidation sites excluding steroid dienone is 6. The first-order chi connectivity index (χ1) is 44.6. The largest absolute Gasteiger partial charge is 0.477 e. The summed E-state index contributed by atoms with van der Waals surface area (Å²) in [6.07, 6.45) is 91.7. The number of aliphatic carboxylic acids is 1. The van der Waals surface area contributed by atoms with Crippen molar-refractivity contribution >= 4 is 17.9 Å². The summed E-state index contributed by atoms with van der Waals surface area (Å²) in [5, 5.41) is 9.76. The third kappa shape index (κ3) is 74.8. The van der Waals surface area contributed by atoms with Crippen molar-refractivity contribution < 1.29 is 42.9 Å². The summed E-state index contributed by atoms with van der Waals surface area (Å²) in [6.45, 7) is 4.94. The maximum Gasteiger partial charge on any atom is 0.361 e. The summed E-state index contributed by atoms with van der Waals surface area (Å²) in [7, 11) is 5.99. The predicted octanol–water partition coefficient (Wildman–Crippen LogP) is 25.5. The van der Waals surface area contributed by atoms with Crippen molar-refractivity contribution in [3.05, 3.63) is 36.5 Å². The molecule has 0 radical (unpaired) electrons. The second-order valence-corrected chi connectivity index (χ2v) is 28.7. The number of carbonyl (C=O) groups is 3. The highest BCUT2D eigenvalue weighted by molar-refractivity contribution is 5.71. The maximum absolute atomic E-state index is 13.0. The van der Waals surface area contributed by atoms with Crippen LogP contribution in [0.15, 0.2) is 36.5 Å². The molecule has 9 heteroatoms. The predicted molar refractivity (Wildman–Crippen MR) is 392 cm³/mol. The Balaban J connectivity index is 3.92. The average molecular weight is 1280 g/mol. The number of hydrogen-bond acceptors (Lipinski definition) is 7. The number of nitrogens with zero attached hydrogens (tertiary/aromatic N) is 1. The van der Waals surface area contributed by atoms with Gasteiger partial charge in [-0.1, -0.05) is 365 Å². The molecule has 0 bridgehead atoms. The van der Waals surface area contributed by atoms with E-state index in [0.29, 0.717) is 17.4 Å². The summed E-state index contributed by atoms with van der Waals surface area (Å²) >= 11 is 0. The summed E-state index contributed by atoms with van der Waals surface area (Å²) in [4.78, 5) is 37.7. The van der Waals surface area contributed by atoms with Gasteiger partial charge in [0.05, 0.1) is 34.4 Å². The number of carboxylic acid groups (broad SMARTS) is 1. The fourth-order valence-electron chi connectivity index (χ4n) is 12.2. The number of quaternary nitrogens is 1. The minimum absolute atomic E-state index is 0.177. The van der Waals surface area contributed by atoms with Crippen molar-refractivity contribution in [2.75, 3.05) is 47.5 Å². The molecule has 0 aliphatic rings. The summed E-state index contributed by atoms with van der Waals surface area (Å²) in [6, 6.07) is 0. The van der Waals surface area contributed by atoms with Crippen molar-refractivity contribution in [2.24, 2.45) is 0 Å². The van der Waals surface area contributed by atoms with E-state index in [1.807, 2.05) is 21.1 Å². The molecule has 0 aromatic heterocycles. The van der Waals surface area contributed by atoms with Gasteiger partial charge in [-0.25, -0.2) is 4.79 Å². The van der Waals surface area contributed by atoms with E-state index in [4.69, 9.17) is 18.9 Å². The molecule has 91 heavy (non-hydrogen) atoms. The highest BCUT2D eigenvalue weighted by atomic mass is 16.7. The Bertz CT molecular complexity index is 1590. The van der Waals surface area contributed by atoms with Gasteiger partial charge in [0.1, 0.15) is 13.2 Å². The molecule has 0 spiro atoms. The maximum atomic E-state index is 13.0. The van der Waals surface area contributed by atoms with Crippen molar-refractivity contribution in [2.45, 2.75) is 424 Å². The minimum Gasteiger partial charge on any atom is -0.477 e. The Morgan fingerprint density at radius 1 is 0.330 bits per heavy atom. The first kappa shape index (κ1) is 88.5. The van der Waals surface area contributed by atoms with Gasteiger partial charge in [0.15, 0.2) is 6.10 Å². The monoisotopic (exact) mass is 1280 g/mol. The van der Waals surface area contributed by atoms with Gasteiger partial charge >= 0.3 is 17.9 Å². The van der Waals surface area contributed by atoms with Crippen LogP contribution in [0, 0.1) is 0 Å². The number of ether oxygens (including phenoxy) is 4. The molecule has 0 rings (SSSR count). The first-order valence-corrected chi connectivity index (χ1v) is 40.2. The van der Waals surface area contributed by atoms with Gasteiger partial charge in [0.25, 0.3) is 6.29 Å². The fourth-order valence-corrected chi connectivity index (χ4v) is 12.2. The summed E-state index contributed by atoms with van der Waals surface area (Å²) in [5.74, 6) is -1.98. The van der Waals surface area contributed by atoms with Crippen LogP contribution in [0.1, 0.15) is 412 Å². The van der Waals surface area contributed by atoms with Gasteiger partial charge in [-0.05, 0) is 70.6 Å². The number of unbranched alkanes of at least 4 members (excludes halogenated alkanes) is 55. The highest BCUT2D eigenvalue weighted by Crippen LogP contribution is 2.20. The van der Waals surface area contributed by atoms with Gasteiger partial charge < -0.3 is 28.5 Å². The van der Waals surface area contributed by atoms with Gasteiger partial charge in [0, 0.05) is 12.8 Å². The third-order valence-electron chi connectivity index (χ3n) is 18.4. The molecule has 0 saturated heterocycles. The summed E-state index contributed by atoms with van der Waals surface area (Å²) in [5.41, 5.74) is 0. The van der Waals surface area contributed by atoms with Gasteiger partial charge in [-0.2, -0.15) is 0 Å². The van der Waals surface area contributed by atoms with Gasteiger partial charge in [-0.15, -0.1) is 0 Å².